The Morgan fingerprint density at radius 3 is 2.55 bits per heavy atom. The molecule has 1 saturated heterocycles. The summed E-state index contributed by atoms with van der Waals surface area (Å²) in [5.74, 6) is 0.619. The number of hydrogen-bond donors (Lipinski definition) is 1. The average molecular weight is 416 g/mol. The molecule has 0 radical (unpaired) electrons. The van der Waals surface area contributed by atoms with Gasteiger partial charge in [-0.15, -0.1) is 0 Å². The van der Waals surface area contributed by atoms with E-state index in [1.54, 1.807) is 18.7 Å². The van der Waals surface area contributed by atoms with Crippen molar-refractivity contribution in [3.05, 3.63) is 70.3 Å². The third-order valence-electron chi connectivity index (χ3n) is 6.20. The molecule has 158 valence electrons. The molecule has 7 heteroatoms. The molecule has 0 spiro atoms. The van der Waals surface area contributed by atoms with Gasteiger partial charge in [0.05, 0.1) is 11.2 Å². The van der Waals surface area contributed by atoms with E-state index < -0.39 is 0 Å². The van der Waals surface area contributed by atoms with Gasteiger partial charge in [0.2, 0.25) is 0 Å². The summed E-state index contributed by atoms with van der Waals surface area (Å²) in [5.41, 5.74) is 3.13. The molecule has 1 aliphatic rings. The van der Waals surface area contributed by atoms with Gasteiger partial charge >= 0.3 is 0 Å². The van der Waals surface area contributed by atoms with Crippen molar-refractivity contribution in [2.75, 3.05) is 25.0 Å². The smallest absolute Gasteiger partial charge is 0.265 e. The highest BCUT2D eigenvalue weighted by atomic mass is 16.3. The number of piperidine rings is 1. The number of fused-ring (bicyclic) bond motifs is 2. The molecule has 1 amide bonds. The Morgan fingerprint density at radius 2 is 1.81 bits per heavy atom. The SMILES string of the molecule is CNC(=O)c1c(N2CCC(c3nc4ccccc4o3)CC2)c2ccccc2n(C)c1=O. The summed E-state index contributed by atoms with van der Waals surface area (Å²) < 4.78 is 7.54. The summed E-state index contributed by atoms with van der Waals surface area (Å²) in [5, 5.41) is 3.55. The van der Waals surface area contributed by atoms with Crippen molar-refractivity contribution in [1.29, 1.82) is 0 Å². The van der Waals surface area contributed by atoms with Gasteiger partial charge in [-0.3, -0.25) is 9.59 Å². The Morgan fingerprint density at radius 1 is 1.10 bits per heavy atom. The van der Waals surface area contributed by atoms with E-state index in [-0.39, 0.29) is 22.9 Å². The van der Waals surface area contributed by atoms with Crippen LogP contribution in [0.1, 0.15) is 35.0 Å². The Balaban J connectivity index is 1.52. The lowest BCUT2D eigenvalue weighted by Gasteiger charge is -2.34. The van der Waals surface area contributed by atoms with Crippen molar-refractivity contribution in [2.24, 2.45) is 7.05 Å². The monoisotopic (exact) mass is 416 g/mol. The lowest BCUT2D eigenvalue weighted by Crippen LogP contribution is -2.39. The summed E-state index contributed by atoms with van der Waals surface area (Å²) in [6.45, 7) is 1.43. The van der Waals surface area contributed by atoms with E-state index in [1.165, 1.54) is 0 Å². The molecule has 0 unspecified atom stereocenters. The number of hydrogen-bond acceptors (Lipinski definition) is 5. The summed E-state index contributed by atoms with van der Waals surface area (Å²) in [4.78, 5) is 32.6. The molecule has 2 aromatic carbocycles. The van der Waals surface area contributed by atoms with Crippen molar-refractivity contribution in [3.63, 3.8) is 0 Å². The lowest BCUT2D eigenvalue weighted by atomic mass is 9.95. The maximum absolute atomic E-state index is 13.1. The molecule has 7 nitrogen and oxygen atoms in total. The maximum atomic E-state index is 13.1. The molecule has 5 rings (SSSR count). The first-order valence-electron chi connectivity index (χ1n) is 10.5. The maximum Gasteiger partial charge on any atom is 0.265 e. The van der Waals surface area contributed by atoms with Crippen molar-refractivity contribution in [3.8, 4) is 0 Å². The van der Waals surface area contributed by atoms with Gasteiger partial charge in [0, 0.05) is 38.5 Å². The standard InChI is InChI=1S/C24H24N4O3/c1-25-22(29)20-21(16-7-3-5-9-18(16)27(2)24(20)30)28-13-11-15(12-14-28)23-26-17-8-4-6-10-19(17)31-23/h3-10,15H,11-14H2,1-2H3,(H,25,29). The number of nitrogens with one attached hydrogen (secondary N) is 1. The number of anilines is 1. The molecule has 0 saturated carbocycles. The highest BCUT2D eigenvalue weighted by Gasteiger charge is 2.30. The number of aromatic nitrogens is 2. The van der Waals surface area contributed by atoms with Crippen molar-refractivity contribution < 1.29 is 9.21 Å². The average Bonchev–Trinajstić information content (AvgIpc) is 3.25. The van der Waals surface area contributed by atoms with Crippen LogP contribution in [0.3, 0.4) is 0 Å². The van der Waals surface area contributed by atoms with E-state index in [4.69, 9.17) is 4.42 Å². The third kappa shape index (κ3) is 3.17. The van der Waals surface area contributed by atoms with Crippen molar-refractivity contribution in [2.45, 2.75) is 18.8 Å². The van der Waals surface area contributed by atoms with Crippen LogP contribution in [0.2, 0.25) is 0 Å². The minimum absolute atomic E-state index is 0.198. The first kappa shape index (κ1) is 19.4. The summed E-state index contributed by atoms with van der Waals surface area (Å²) in [7, 11) is 3.26. The van der Waals surface area contributed by atoms with E-state index in [1.807, 2.05) is 48.5 Å². The Hall–Kier alpha value is -3.61. The molecule has 3 heterocycles. The van der Waals surface area contributed by atoms with Crippen LogP contribution in [-0.2, 0) is 7.05 Å². The van der Waals surface area contributed by atoms with Crippen LogP contribution in [0.15, 0.2) is 57.7 Å². The highest BCUT2D eigenvalue weighted by molar-refractivity contribution is 6.07. The molecule has 0 bridgehead atoms. The zero-order chi connectivity index (χ0) is 21.5. The predicted octanol–water partition coefficient (Wildman–Crippen LogP) is 3.42. The van der Waals surface area contributed by atoms with E-state index in [0.29, 0.717) is 18.8 Å². The van der Waals surface area contributed by atoms with Crippen LogP contribution >= 0.6 is 0 Å². The van der Waals surface area contributed by atoms with Gasteiger partial charge in [-0.05, 0) is 31.0 Å². The van der Waals surface area contributed by atoms with Crippen LogP contribution < -0.4 is 15.8 Å². The van der Waals surface area contributed by atoms with E-state index in [2.05, 4.69) is 15.2 Å². The lowest BCUT2D eigenvalue weighted by molar-refractivity contribution is 0.0961. The Bertz CT molecular complexity index is 1310. The topological polar surface area (TPSA) is 80.4 Å². The van der Waals surface area contributed by atoms with E-state index in [0.717, 1.165) is 40.7 Å². The fourth-order valence-electron chi connectivity index (χ4n) is 4.55. The fourth-order valence-corrected chi connectivity index (χ4v) is 4.55. The minimum Gasteiger partial charge on any atom is -0.440 e. The van der Waals surface area contributed by atoms with Crippen LogP contribution in [0, 0.1) is 0 Å². The zero-order valence-corrected chi connectivity index (χ0v) is 17.6. The fraction of sp³-hybridized carbons (Fsp3) is 0.292. The van der Waals surface area contributed by atoms with Gasteiger partial charge in [-0.1, -0.05) is 30.3 Å². The molecule has 1 fully saturated rings. The number of carbonyl (C=O) groups excluding carboxylic acids is 1. The molecule has 1 N–H and O–H groups in total. The van der Waals surface area contributed by atoms with E-state index in [9.17, 15) is 9.59 Å². The number of pyridine rings is 1. The second-order valence-electron chi connectivity index (χ2n) is 7.97. The van der Waals surface area contributed by atoms with Crippen LogP contribution in [0.5, 0.6) is 0 Å². The van der Waals surface area contributed by atoms with Gasteiger partial charge in [0.1, 0.15) is 11.1 Å². The number of aryl methyl sites for hydroxylation is 1. The molecule has 0 atom stereocenters. The van der Waals surface area contributed by atoms with E-state index >= 15 is 0 Å². The number of carbonyl (C=O) groups is 1. The van der Waals surface area contributed by atoms with Gasteiger partial charge in [0.25, 0.3) is 11.5 Å². The van der Waals surface area contributed by atoms with Gasteiger partial charge in [0.15, 0.2) is 11.5 Å². The van der Waals surface area contributed by atoms with Gasteiger partial charge < -0.3 is 19.2 Å². The molecule has 2 aromatic heterocycles. The number of para-hydroxylation sites is 3. The molecular formula is C24H24N4O3. The van der Waals surface area contributed by atoms with Crippen LogP contribution in [-0.4, -0.2) is 35.6 Å². The summed E-state index contributed by atoms with van der Waals surface area (Å²) >= 11 is 0. The number of amides is 1. The first-order chi connectivity index (χ1) is 15.1. The Labute approximate surface area is 179 Å². The number of nitrogens with zero attached hydrogens (tertiary/aromatic N) is 3. The van der Waals surface area contributed by atoms with Gasteiger partial charge in [-0.25, -0.2) is 4.98 Å². The molecule has 31 heavy (non-hydrogen) atoms. The number of oxazole rings is 1. The summed E-state index contributed by atoms with van der Waals surface area (Å²) in [6.07, 6.45) is 1.67. The van der Waals surface area contributed by atoms with Crippen LogP contribution in [0.4, 0.5) is 5.69 Å². The normalized spacial score (nSPS) is 15.0. The quantitative estimate of drug-likeness (QED) is 0.554. The highest BCUT2D eigenvalue weighted by Crippen LogP contribution is 2.35. The number of benzene rings is 2. The van der Waals surface area contributed by atoms with Crippen molar-refractivity contribution >= 4 is 33.6 Å². The molecule has 4 aromatic rings. The predicted molar refractivity (Wildman–Crippen MR) is 121 cm³/mol. The molecule has 0 aliphatic carbocycles. The second-order valence-corrected chi connectivity index (χ2v) is 7.97. The molecule has 1 aliphatic heterocycles. The Kier molecular flexibility index (Phi) is 4.73. The van der Waals surface area contributed by atoms with Crippen LogP contribution in [0.25, 0.3) is 22.0 Å². The van der Waals surface area contributed by atoms with Crippen molar-refractivity contribution in [1.82, 2.24) is 14.9 Å². The van der Waals surface area contributed by atoms with Gasteiger partial charge in [-0.2, -0.15) is 0 Å². The first-order valence-corrected chi connectivity index (χ1v) is 10.5. The number of rotatable bonds is 3. The summed E-state index contributed by atoms with van der Waals surface area (Å²) in [6, 6.07) is 15.5. The molecular weight excluding hydrogens is 392 g/mol. The third-order valence-corrected chi connectivity index (χ3v) is 6.20. The minimum atomic E-state index is -0.359. The second kappa shape index (κ2) is 7.58. The largest absolute Gasteiger partial charge is 0.440 e. The zero-order valence-electron chi connectivity index (χ0n) is 17.6.